The molecule has 0 saturated carbocycles. The van der Waals surface area contributed by atoms with Crippen molar-refractivity contribution in [2.75, 3.05) is 0 Å². The average molecular weight is 118 g/mol. The van der Waals surface area contributed by atoms with Gasteiger partial charge in [-0.2, -0.15) is 0 Å². The van der Waals surface area contributed by atoms with E-state index in [2.05, 4.69) is 6.07 Å². The van der Waals surface area contributed by atoms with Crippen LogP contribution in [0.4, 0.5) is 0 Å². The van der Waals surface area contributed by atoms with Crippen molar-refractivity contribution in [2.45, 2.75) is 6.42 Å². The molecule has 0 aliphatic heterocycles. The summed E-state index contributed by atoms with van der Waals surface area (Å²) in [6.07, 6.45) is 2.13. The number of rotatable bonds is 2. The van der Waals surface area contributed by atoms with Crippen LogP contribution in [0.15, 0.2) is 24.3 Å². The molecule has 0 aliphatic rings. The lowest BCUT2D eigenvalue weighted by molar-refractivity contribution is 1.33. The van der Waals surface area contributed by atoms with Crippen LogP contribution < -0.4 is 0 Å². The van der Waals surface area contributed by atoms with Crippen LogP contribution in [-0.4, -0.2) is 6.21 Å². The van der Waals surface area contributed by atoms with E-state index in [1.54, 1.807) is 0 Å². The first-order chi connectivity index (χ1) is 4.43. The predicted octanol–water partition coefficient (Wildman–Crippen LogP) is 1.68. The Hall–Kier alpha value is -1.11. The molecular weight excluding hydrogens is 110 g/mol. The second-order valence-corrected chi connectivity index (χ2v) is 1.82. The summed E-state index contributed by atoms with van der Waals surface area (Å²) in [7, 11) is 0. The van der Waals surface area contributed by atoms with Gasteiger partial charge in [-0.05, 0) is 17.8 Å². The molecular formula is C8H8N. The molecule has 0 aromatic heterocycles. The van der Waals surface area contributed by atoms with Gasteiger partial charge in [-0.25, -0.2) is 0 Å². The third kappa shape index (κ3) is 1.68. The highest BCUT2D eigenvalue weighted by atomic mass is 14.3. The molecule has 9 heavy (non-hydrogen) atoms. The van der Waals surface area contributed by atoms with E-state index in [-0.39, 0.29) is 0 Å². The molecule has 0 fully saturated rings. The Morgan fingerprint density at radius 1 is 1.44 bits per heavy atom. The standard InChI is InChI=1S/C8H8N/c9-7-6-8-4-2-1-3-5-8/h2-5,7,9H,6H2. The summed E-state index contributed by atoms with van der Waals surface area (Å²) in [5.41, 5.74) is 1.17. The minimum Gasteiger partial charge on any atom is -0.313 e. The first-order valence-electron chi connectivity index (χ1n) is 2.87. The van der Waals surface area contributed by atoms with E-state index in [0.717, 1.165) is 6.42 Å². The number of hydrogen-bond acceptors (Lipinski definition) is 1. The average Bonchev–Trinajstić information content (AvgIpc) is 1.91. The van der Waals surface area contributed by atoms with Gasteiger partial charge in [-0.15, -0.1) is 0 Å². The number of benzene rings is 1. The highest BCUT2D eigenvalue weighted by molar-refractivity contribution is 5.57. The summed E-state index contributed by atoms with van der Waals surface area (Å²) >= 11 is 0. The fourth-order valence-electron chi connectivity index (χ4n) is 0.675. The van der Waals surface area contributed by atoms with Crippen LogP contribution in [0.25, 0.3) is 0 Å². The first-order valence-corrected chi connectivity index (χ1v) is 2.87. The van der Waals surface area contributed by atoms with Crippen LogP contribution in [-0.2, 0) is 6.42 Å². The van der Waals surface area contributed by atoms with Crippen LogP contribution in [0, 0.1) is 11.5 Å². The third-order valence-corrected chi connectivity index (χ3v) is 1.13. The first kappa shape index (κ1) is 6.02. The van der Waals surface area contributed by atoms with Crippen LogP contribution in [0.5, 0.6) is 0 Å². The van der Waals surface area contributed by atoms with Crippen molar-refractivity contribution in [3.63, 3.8) is 0 Å². The van der Waals surface area contributed by atoms with Crippen LogP contribution >= 0.6 is 0 Å². The fraction of sp³-hybridized carbons (Fsp3) is 0.125. The Bertz CT molecular complexity index is 179. The maximum atomic E-state index is 6.80. The molecule has 0 bridgehead atoms. The van der Waals surface area contributed by atoms with E-state index in [1.807, 2.05) is 24.3 Å². The van der Waals surface area contributed by atoms with Gasteiger partial charge in [0.25, 0.3) is 0 Å². The zero-order valence-electron chi connectivity index (χ0n) is 5.09. The third-order valence-electron chi connectivity index (χ3n) is 1.13. The van der Waals surface area contributed by atoms with E-state index in [1.165, 1.54) is 11.8 Å². The Balaban J connectivity index is 2.72. The molecule has 0 amide bonds. The second-order valence-electron chi connectivity index (χ2n) is 1.82. The fourth-order valence-corrected chi connectivity index (χ4v) is 0.675. The van der Waals surface area contributed by atoms with Crippen LogP contribution in [0.3, 0.4) is 0 Å². The van der Waals surface area contributed by atoms with Gasteiger partial charge in [0.05, 0.1) is 0 Å². The van der Waals surface area contributed by atoms with Crippen LogP contribution in [0.1, 0.15) is 5.56 Å². The summed E-state index contributed by atoms with van der Waals surface area (Å²) in [5, 5.41) is 6.80. The van der Waals surface area contributed by atoms with Crippen molar-refractivity contribution in [3.05, 3.63) is 35.9 Å². The molecule has 0 aliphatic carbocycles. The molecule has 1 N–H and O–H groups in total. The highest BCUT2D eigenvalue weighted by Gasteiger charge is 1.83. The summed E-state index contributed by atoms with van der Waals surface area (Å²) in [6, 6.07) is 10.6. The molecule has 0 unspecified atom stereocenters. The number of nitrogens with one attached hydrogen (secondary N) is 1. The minimum absolute atomic E-state index is 0.731. The van der Waals surface area contributed by atoms with Crippen molar-refractivity contribution < 1.29 is 0 Å². The Kier molecular flexibility index (Phi) is 2.02. The molecule has 45 valence electrons. The normalized spacial score (nSPS) is 8.89. The van der Waals surface area contributed by atoms with Gasteiger partial charge in [0.1, 0.15) is 0 Å². The second kappa shape index (κ2) is 3.02. The molecule has 0 saturated heterocycles. The predicted molar refractivity (Wildman–Crippen MR) is 37.8 cm³/mol. The van der Waals surface area contributed by atoms with Crippen molar-refractivity contribution in [1.29, 1.82) is 5.41 Å². The van der Waals surface area contributed by atoms with Gasteiger partial charge in [0, 0.05) is 6.42 Å². The lowest BCUT2D eigenvalue weighted by atomic mass is 10.2. The van der Waals surface area contributed by atoms with Gasteiger partial charge in [-0.1, -0.05) is 24.3 Å². The minimum atomic E-state index is 0.731. The molecule has 1 heteroatoms. The summed E-state index contributed by atoms with van der Waals surface area (Å²) in [6.45, 7) is 0. The lowest BCUT2D eigenvalue weighted by Gasteiger charge is -1.90. The van der Waals surface area contributed by atoms with Crippen LogP contribution in [0.2, 0.25) is 0 Å². The molecule has 1 aromatic carbocycles. The van der Waals surface area contributed by atoms with E-state index in [9.17, 15) is 0 Å². The maximum Gasteiger partial charge on any atom is 0.00714 e. The summed E-state index contributed by atoms with van der Waals surface area (Å²) < 4.78 is 0. The lowest BCUT2D eigenvalue weighted by Crippen LogP contribution is -1.81. The molecule has 1 radical (unpaired) electrons. The van der Waals surface area contributed by atoms with Crippen molar-refractivity contribution in [2.24, 2.45) is 0 Å². The van der Waals surface area contributed by atoms with Crippen molar-refractivity contribution in [3.8, 4) is 0 Å². The van der Waals surface area contributed by atoms with Gasteiger partial charge in [0.2, 0.25) is 0 Å². The van der Waals surface area contributed by atoms with Crippen molar-refractivity contribution in [1.82, 2.24) is 0 Å². The number of hydrogen-bond donors (Lipinski definition) is 1. The van der Waals surface area contributed by atoms with Crippen molar-refractivity contribution >= 4 is 6.21 Å². The van der Waals surface area contributed by atoms with E-state index in [4.69, 9.17) is 5.41 Å². The zero-order chi connectivity index (χ0) is 6.53. The monoisotopic (exact) mass is 118 g/mol. The summed E-state index contributed by atoms with van der Waals surface area (Å²) in [4.78, 5) is 0. The smallest absolute Gasteiger partial charge is 0.00714 e. The SMILES string of the molecule is N=CCc1cc[c]cc1. The Morgan fingerprint density at radius 2 is 2.11 bits per heavy atom. The highest BCUT2D eigenvalue weighted by Crippen LogP contribution is 1.95. The molecule has 1 aromatic rings. The maximum absolute atomic E-state index is 6.80. The zero-order valence-corrected chi connectivity index (χ0v) is 5.09. The quantitative estimate of drug-likeness (QED) is 0.571. The summed E-state index contributed by atoms with van der Waals surface area (Å²) in [5.74, 6) is 0. The van der Waals surface area contributed by atoms with E-state index < -0.39 is 0 Å². The van der Waals surface area contributed by atoms with Gasteiger partial charge in [-0.3, -0.25) is 0 Å². The van der Waals surface area contributed by atoms with E-state index in [0.29, 0.717) is 0 Å². The topological polar surface area (TPSA) is 23.9 Å². The molecule has 0 spiro atoms. The Morgan fingerprint density at radius 3 is 2.67 bits per heavy atom. The van der Waals surface area contributed by atoms with Gasteiger partial charge in [0.15, 0.2) is 0 Å². The van der Waals surface area contributed by atoms with Gasteiger partial charge < -0.3 is 5.41 Å². The molecule has 0 atom stereocenters. The molecule has 1 rings (SSSR count). The molecule has 0 heterocycles. The van der Waals surface area contributed by atoms with E-state index >= 15 is 0 Å². The van der Waals surface area contributed by atoms with Gasteiger partial charge >= 0.3 is 0 Å². The Labute approximate surface area is 54.8 Å². The largest absolute Gasteiger partial charge is 0.313 e. The molecule has 1 nitrogen and oxygen atoms in total.